The van der Waals surface area contributed by atoms with Crippen LogP contribution >= 0.6 is 0 Å². The zero-order valence-electron chi connectivity index (χ0n) is 8.34. The molecule has 0 aromatic heterocycles. The lowest BCUT2D eigenvalue weighted by Gasteiger charge is -2.12. The minimum atomic E-state index is -0.147. The second-order valence-electron chi connectivity index (χ2n) is 3.05. The Balaban J connectivity index is 2.78. The van der Waals surface area contributed by atoms with Crippen molar-refractivity contribution in [1.29, 1.82) is 0 Å². The average Bonchev–Trinajstić information content (AvgIpc) is 2.21. The van der Waals surface area contributed by atoms with Crippen LogP contribution in [0.15, 0.2) is 29.4 Å². The summed E-state index contributed by atoms with van der Waals surface area (Å²) in [5.74, 6) is 0. The van der Waals surface area contributed by atoms with E-state index in [0.29, 0.717) is 6.54 Å². The van der Waals surface area contributed by atoms with E-state index in [-0.39, 0.29) is 6.10 Å². The van der Waals surface area contributed by atoms with Gasteiger partial charge in [-0.05, 0) is 18.0 Å². The summed E-state index contributed by atoms with van der Waals surface area (Å²) in [7, 11) is 1.61. The van der Waals surface area contributed by atoms with Gasteiger partial charge in [-0.3, -0.25) is 0 Å². The van der Waals surface area contributed by atoms with E-state index in [4.69, 9.17) is 10.3 Å². The Morgan fingerprint density at radius 3 is 2.57 bits per heavy atom. The molecule has 0 saturated heterocycles. The predicted octanol–water partition coefficient (Wildman–Crippen LogP) is 2.99. The lowest BCUT2D eigenvalue weighted by atomic mass is 10.1. The van der Waals surface area contributed by atoms with E-state index in [1.165, 1.54) is 5.56 Å². The minimum absolute atomic E-state index is 0.147. The molecule has 1 atom stereocenters. The van der Waals surface area contributed by atoms with Gasteiger partial charge in [0.1, 0.15) is 0 Å². The van der Waals surface area contributed by atoms with Crippen LogP contribution < -0.4 is 0 Å². The summed E-state index contributed by atoms with van der Waals surface area (Å²) in [5.41, 5.74) is 10.4. The van der Waals surface area contributed by atoms with Gasteiger partial charge in [0.05, 0.1) is 12.6 Å². The van der Waals surface area contributed by atoms with Crippen LogP contribution in [0.2, 0.25) is 0 Å². The maximum atomic E-state index is 8.20. The van der Waals surface area contributed by atoms with Crippen molar-refractivity contribution in [2.24, 2.45) is 5.11 Å². The SMILES string of the molecule is COC(CN=[N+]=[N-])c1ccc(C)cc1. The van der Waals surface area contributed by atoms with Gasteiger partial charge in [-0.1, -0.05) is 34.9 Å². The van der Waals surface area contributed by atoms with Crippen molar-refractivity contribution in [2.45, 2.75) is 13.0 Å². The van der Waals surface area contributed by atoms with Gasteiger partial charge in [0.15, 0.2) is 0 Å². The topological polar surface area (TPSA) is 58.0 Å². The Kier molecular flexibility index (Phi) is 3.98. The quantitative estimate of drug-likeness (QED) is 0.410. The molecular formula is C10H13N3O. The van der Waals surface area contributed by atoms with Crippen molar-refractivity contribution in [3.8, 4) is 0 Å². The molecule has 4 nitrogen and oxygen atoms in total. The number of methoxy groups -OCH3 is 1. The van der Waals surface area contributed by atoms with Gasteiger partial charge >= 0.3 is 0 Å². The maximum Gasteiger partial charge on any atom is 0.0877 e. The van der Waals surface area contributed by atoms with E-state index in [0.717, 1.165) is 5.56 Å². The third-order valence-corrected chi connectivity index (χ3v) is 2.04. The van der Waals surface area contributed by atoms with Crippen molar-refractivity contribution in [3.63, 3.8) is 0 Å². The minimum Gasteiger partial charge on any atom is -0.377 e. The molecule has 0 amide bonds. The smallest absolute Gasteiger partial charge is 0.0877 e. The van der Waals surface area contributed by atoms with E-state index in [9.17, 15) is 0 Å². The van der Waals surface area contributed by atoms with Gasteiger partial charge in [-0.15, -0.1) is 0 Å². The Morgan fingerprint density at radius 1 is 1.43 bits per heavy atom. The normalized spacial score (nSPS) is 11.9. The lowest BCUT2D eigenvalue weighted by Crippen LogP contribution is -2.04. The fourth-order valence-corrected chi connectivity index (χ4v) is 1.21. The second-order valence-corrected chi connectivity index (χ2v) is 3.05. The Morgan fingerprint density at radius 2 is 2.07 bits per heavy atom. The van der Waals surface area contributed by atoms with Gasteiger partial charge < -0.3 is 4.74 Å². The van der Waals surface area contributed by atoms with Crippen molar-refractivity contribution < 1.29 is 4.74 Å². The highest BCUT2D eigenvalue weighted by molar-refractivity contribution is 5.23. The molecule has 1 aromatic rings. The fourth-order valence-electron chi connectivity index (χ4n) is 1.21. The van der Waals surface area contributed by atoms with E-state index < -0.39 is 0 Å². The van der Waals surface area contributed by atoms with Gasteiger partial charge in [-0.25, -0.2) is 0 Å². The highest BCUT2D eigenvalue weighted by Gasteiger charge is 2.07. The molecule has 0 saturated carbocycles. The molecule has 74 valence electrons. The second kappa shape index (κ2) is 5.27. The first-order chi connectivity index (χ1) is 6.77. The number of nitrogens with zero attached hydrogens (tertiary/aromatic N) is 3. The molecular weight excluding hydrogens is 178 g/mol. The van der Waals surface area contributed by atoms with E-state index in [1.54, 1.807) is 7.11 Å². The first-order valence-electron chi connectivity index (χ1n) is 4.38. The highest BCUT2D eigenvalue weighted by atomic mass is 16.5. The molecule has 0 heterocycles. The van der Waals surface area contributed by atoms with Gasteiger partial charge in [0.2, 0.25) is 0 Å². The van der Waals surface area contributed by atoms with E-state index in [1.807, 2.05) is 31.2 Å². The molecule has 0 fully saturated rings. The van der Waals surface area contributed by atoms with Crippen LogP contribution in [-0.4, -0.2) is 13.7 Å². The molecule has 0 spiro atoms. The molecule has 14 heavy (non-hydrogen) atoms. The molecule has 0 aliphatic rings. The zero-order chi connectivity index (χ0) is 10.4. The van der Waals surface area contributed by atoms with E-state index >= 15 is 0 Å². The standard InChI is InChI=1S/C10H13N3O/c1-8-3-5-9(6-4-8)10(14-2)7-12-13-11/h3-6,10H,7H2,1-2H3. The zero-order valence-corrected chi connectivity index (χ0v) is 8.34. The van der Waals surface area contributed by atoms with Gasteiger partial charge in [0.25, 0.3) is 0 Å². The molecule has 0 radical (unpaired) electrons. The van der Waals surface area contributed by atoms with E-state index in [2.05, 4.69) is 10.0 Å². The first-order valence-corrected chi connectivity index (χ1v) is 4.38. The van der Waals surface area contributed by atoms with Crippen LogP contribution in [0.5, 0.6) is 0 Å². The average molecular weight is 191 g/mol. The highest BCUT2D eigenvalue weighted by Crippen LogP contribution is 2.17. The van der Waals surface area contributed by atoms with Crippen LogP contribution in [0, 0.1) is 6.92 Å². The summed E-state index contributed by atoms with van der Waals surface area (Å²) in [6.07, 6.45) is -0.147. The number of ether oxygens (including phenoxy) is 1. The van der Waals surface area contributed by atoms with Crippen molar-refractivity contribution in [1.82, 2.24) is 0 Å². The number of aryl methyl sites for hydroxylation is 1. The van der Waals surface area contributed by atoms with Gasteiger partial charge in [0, 0.05) is 12.0 Å². The summed E-state index contributed by atoms with van der Waals surface area (Å²) in [6, 6.07) is 7.99. The number of rotatable bonds is 4. The van der Waals surface area contributed by atoms with Crippen molar-refractivity contribution in [3.05, 3.63) is 45.8 Å². The third kappa shape index (κ3) is 2.76. The molecule has 0 aliphatic heterocycles. The maximum absolute atomic E-state index is 8.20. The molecule has 1 unspecified atom stereocenters. The predicted molar refractivity (Wildman–Crippen MR) is 54.9 cm³/mol. The molecule has 1 aromatic carbocycles. The van der Waals surface area contributed by atoms with Crippen LogP contribution in [0.4, 0.5) is 0 Å². The summed E-state index contributed by atoms with van der Waals surface area (Å²) >= 11 is 0. The number of benzene rings is 1. The summed E-state index contributed by atoms with van der Waals surface area (Å²) in [5, 5.41) is 3.50. The van der Waals surface area contributed by atoms with Crippen molar-refractivity contribution >= 4 is 0 Å². The monoisotopic (exact) mass is 191 g/mol. The first kappa shape index (κ1) is 10.6. The molecule has 0 bridgehead atoms. The Hall–Kier alpha value is -1.51. The van der Waals surface area contributed by atoms with Gasteiger partial charge in [-0.2, -0.15) is 0 Å². The number of hydrogen-bond donors (Lipinski definition) is 0. The molecule has 0 N–H and O–H groups in total. The van der Waals surface area contributed by atoms with Crippen molar-refractivity contribution in [2.75, 3.05) is 13.7 Å². The van der Waals surface area contributed by atoms with Crippen LogP contribution in [0.1, 0.15) is 17.2 Å². The Labute approximate surface area is 83.1 Å². The lowest BCUT2D eigenvalue weighted by molar-refractivity contribution is 0.110. The summed E-state index contributed by atoms with van der Waals surface area (Å²) < 4.78 is 5.21. The number of hydrogen-bond acceptors (Lipinski definition) is 2. The molecule has 0 aliphatic carbocycles. The van der Waals surface area contributed by atoms with Crippen LogP contribution in [0.25, 0.3) is 10.4 Å². The van der Waals surface area contributed by atoms with Crippen LogP contribution in [0.3, 0.4) is 0 Å². The third-order valence-electron chi connectivity index (χ3n) is 2.04. The fraction of sp³-hybridized carbons (Fsp3) is 0.400. The summed E-state index contributed by atoms with van der Waals surface area (Å²) in [4.78, 5) is 2.71. The molecule has 1 rings (SSSR count). The molecule has 4 heteroatoms. The van der Waals surface area contributed by atoms with Crippen LogP contribution in [-0.2, 0) is 4.74 Å². The Bertz CT molecular complexity index is 328. The number of azide groups is 1. The largest absolute Gasteiger partial charge is 0.377 e. The summed E-state index contributed by atoms with van der Waals surface area (Å²) in [6.45, 7) is 2.36.